The van der Waals surface area contributed by atoms with E-state index in [-0.39, 0.29) is 21.5 Å². The van der Waals surface area contributed by atoms with Gasteiger partial charge in [-0.1, -0.05) is 0 Å². The molecular formula is C22H8F6O4. The lowest BCUT2D eigenvalue weighted by Crippen LogP contribution is -2.17. The van der Waals surface area contributed by atoms with Crippen LogP contribution < -0.4 is 20.3 Å². The van der Waals surface area contributed by atoms with Crippen molar-refractivity contribution in [3.8, 4) is 11.5 Å². The Labute approximate surface area is 172 Å². The van der Waals surface area contributed by atoms with E-state index in [0.717, 1.165) is 24.3 Å². The monoisotopic (exact) mass is 450 g/mol. The minimum atomic E-state index is -4.92. The predicted octanol–water partition coefficient (Wildman–Crippen LogP) is 5.69. The third-order valence-electron chi connectivity index (χ3n) is 5.17. The maximum Gasteiger partial charge on any atom is 0.573 e. The van der Waals surface area contributed by atoms with Crippen molar-refractivity contribution in [2.24, 2.45) is 0 Å². The maximum atomic E-state index is 12.8. The molecule has 0 saturated heterocycles. The number of fused-ring (bicyclic) bond motifs is 6. The number of benzene rings is 3. The molecule has 0 atom stereocenters. The summed E-state index contributed by atoms with van der Waals surface area (Å²) in [5, 5.41) is 1.73. The Morgan fingerprint density at radius 3 is 1.19 bits per heavy atom. The second-order valence-electron chi connectivity index (χ2n) is 7.11. The highest BCUT2D eigenvalue weighted by molar-refractivity contribution is 6.21. The molecule has 0 saturated carbocycles. The van der Waals surface area contributed by atoms with Gasteiger partial charge in [0.05, 0.1) is 0 Å². The second-order valence-corrected chi connectivity index (χ2v) is 7.11. The van der Waals surface area contributed by atoms with Crippen LogP contribution in [0.25, 0.3) is 43.1 Å². The molecule has 0 spiro atoms. The number of ether oxygens (including phenoxy) is 2. The van der Waals surface area contributed by atoms with Gasteiger partial charge in [0, 0.05) is 21.5 Å². The molecule has 32 heavy (non-hydrogen) atoms. The summed E-state index contributed by atoms with van der Waals surface area (Å²) in [5.41, 5.74) is -1.18. The predicted molar refractivity (Wildman–Crippen MR) is 105 cm³/mol. The summed E-state index contributed by atoms with van der Waals surface area (Å²) in [5.74, 6) is -1.10. The average molecular weight is 450 g/mol. The normalized spacial score (nSPS) is 12.9. The van der Waals surface area contributed by atoms with E-state index in [2.05, 4.69) is 9.47 Å². The topological polar surface area (TPSA) is 52.6 Å². The number of alkyl halides is 6. The van der Waals surface area contributed by atoms with Crippen LogP contribution in [-0.4, -0.2) is 12.7 Å². The van der Waals surface area contributed by atoms with Gasteiger partial charge in [-0.25, -0.2) is 0 Å². The van der Waals surface area contributed by atoms with Crippen molar-refractivity contribution in [2.75, 3.05) is 0 Å². The van der Waals surface area contributed by atoms with Crippen molar-refractivity contribution in [2.45, 2.75) is 12.7 Å². The van der Waals surface area contributed by atoms with Crippen LogP contribution >= 0.6 is 0 Å². The molecule has 0 amide bonds. The van der Waals surface area contributed by atoms with Gasteiger partial charge in [-0.05, 0) is 70.1 Å². The number of rotatable bonds is 2. The molecule has 4 nitrogen and oxygen atoms in total. The van der Waals surface area contributed by atoms with Crippen LogP contribution in [0, 0.1) is 0 Å². The molecule has 0 bridgehead atoms. The van der Waals surface area contributed by atoms with Gasteiger partial charge in [-0.2, -0.15) is 0 Å². The Kier molecular flexibility index (Phi) is 3.99. The van der Waals surface area contributed by atoms with Gasteiger partial charge in [-0.15, -0.1) is 26.3 Å². The van der Waals surface area contributed by atoms with Gasteiger partial charge in [0.25, 0.3) is 0 Å². The Morgan fingerprint density at radius 2 is 0.812 bits per heavy atom. The van der Waals surface area contributed by atoms with Crippen molar-refractivity contribution in [3.63, 3.8) is 0 Å². The first-order valence-electron chi connectivity index (χ1n) is 8.99. The van der Waals surface area contributed by atoms with Gasteiger partial charge in [0.15, 0.2) is 10.9 Å². The highest BCUT2D eigenvalue weighted by atomic mass is 19.4. The molecule has 0 unspecified atom stereocenters. The zero-order valence-electron chi connectivity index (χ0n) is 15.5. The minimum Gasteiger partial charge on any atom is -0.406 e. The van der Waals surface area contributed by atoms with E-state index < -0.39 is 35.1 Å². The molecular weight excluding hydrogens is 442 g/mol. The summed E-state index contributed by atoms with van der Waals surface area (Å²) < 4.78 is 82.7. The van der Waals surface area contributed by atoms with Crippen LogP contribution in [0.3, 0.4) is 0 Å². The van der Waals surface area contributed by atoms with E-state index in [0.29, 0.717) is 21.5 Å². The largest absolute Gasteiger partial charge is 0.573 e. The van der Waals surface area contributed by atoms with E-state index in [4.69, 9.17) is 0 Å². The number of hydrogen-bond donors (Lipinski definition) is 0. The van der Waals surface area contributed by atoms with Gasteiger partial charge in [-0.3, -0.25) is 9.59 Å². The summed E-state index contributed by atoms with van der Waals surface area (Å²) >= 11 is 0. The average Bonchev–Trinajstić information content (AvgIpc) is 3.10. The summed E-state index contributed by atoms with van der Waals surface area (Å²) in [4.78, 5) is 25.6. The fraction of sp³-hybridized carbons (Fsp3) is 0.0909. The molecule has 5 aromatic rings. The van der Waals surface area contributed by atoms with E-state index in [1.54, 1.807) is 0 Å². The first-order chi connectivity index (χ1) is 14.9. The molecule has 0 heterocycles. The Hall–Kier alpha value is -3.82. The Balaban J connectivity index is 1.76. The van der Waals surface area contributed by atoms with Crippen LogP contribution in [0.1, 0.15) is 0 Å². The molecule has 162 valence electrons. The third-order valence-corrected chi connectivity index (χ3v) is 5.17. The molecule has 5 aromatic carbocycles. The molecule has 0 aromatic heterocycles. The minimum absolute atomic E-state index is 0.00739. The standard InChI is InChI=1S/C22H8F6O4/c23-21(24,25)31-9-1-3-11-13-7-14-12-4-2-10(32-22(26,27)28)6-16(12)20(30)18(14)8-17(13)19(29)15(11)5-9/h1-8H. The maximum absolute atomic E-state index is 12.8. The lowest BCUT2D eigenvalue weighted by molar-refractivity contribution is -0.275. The Morgan fingerprint density at radius 1 is 0.469 bits per heavy atom. The summed E-state index contributed by atoms with van der Waals surface area (Å²) in [6, 6.07) is 9.56. The van der Waals surface area contributed by atoms with Gasteiger partial charge < -0.3 is 9.47 Å². The van der Waals surface area contributed by atoms with Crippen LogP contribution in [0.2, 0.25) is 0 Å². The highest BCUT2D eigenvalue weighted by Gasteiger charge is 2.32. The first kappa shape index (κ1) is 20.1. The zero-order chi connectivity index (χ0) is 23.0. The summed E-state index contributed by atoms with van der Waals surface area (Å²) in [7, 11) is 0. The molecule has 0 fully saturated rings. The lowest BCUT2D eigenvalue weighted by atomic mass is 10.1. The number of hydrogen-bond acceptors (Lipinski definition) is 4. The molecule has 0 radical (unpaired) electrons. The molecule has 5 rings (SSSR count). The lowest BCUT2D eigenvalue weighted by Gasteiger charge is -2.08. The fourth-order valence-electron chi connectivity index (χ4n) is 4.00. The van der Waals surface area contributed by atoms with Crippen molar-refractivity contribution >= 4 is 43.1 Å². The quantitative estimate of drug-likeness (QED) is 0.324. The van der Waals surface area contributed by atoms with Gasteiger partial charge in [0.2, 0.25) is 0 Å². The van der Waals surface area contributed by atoms with Crippen LogP contribution in [-0.2, 0) is 0 Å². The van der Waals surface area contributed by atoms with E-state index in [1.807, 2.05) is 0 Å². The molecule has 0 aliphatic carbocycles. The zero-order valence-corrected chi connectivity index (χ0v) is 15.5. The third kappa shape index (κ3) is 3.19. The van der Waals surface area contributed by atoms with Gasteiger partial charge in [0.1, 0.15) is 11.5 Å². The van der Waals surface area contributed by atoms with Crippen molar-refractivity contribution in [1.29, 1.82) is 0 Å². The molecule has 0 aliphatic heterocycles. The van der Waals surface area contributed by atoms with Crippen molar-refractivity contribution in [3.05, 3.63) is 69.0 Å². The van der Waals surface area contributed by atoms with Crippen LogP contribution in [0.15, 0.2) is 58.1 Å². The number of halogens is 6. The van der Waals surface area contributed by atoms with E-state index in [1.165, 1.54) is 24.3 Å². The molecule has 0 N–H and O–H groups in total. The Bertz CT molecular complexity index is 1520. The van der Waals surface area contributed by atoms with Gasteiger partial charge >= 0.3 is 12.7 Å². The van der Waals surface area contributed by atoms with Crippen LogP contribution in [0.4, 0.5) is 26.3 Å². The fourth-order valence-corrected chi connectivity index (χ4v) is 4.00. The summed E-state index contributed by atoms with van der Waals surface area (Å²) in [6.07, 6.45) is -9.84. The van der Waals surface area contributed by atoms with E-state index in [9.17, 15) is 35.9 Å². The smallest absolute Gasteiger partial charge is 0.406 e. The van der Waals surface area contributed by atoms with Crippen molar-refractivity contribution < 1.29 is 35.8 Å². The highest BCUT2D eigenvalue weighted by Crippen LogP contribution is 2.35. The first-order valence-corrected chi connectivity index (χ1v) is 8.99. The SMILES string of the molecule is O=c1c2cc(OC(F)(F)F)ccc2c2cc3c(cc12)c(=O)c1cc(OC(F)(F)F)ccc13. The van der Waals surface area contributed by atoms with Crippen molar-refractivity contribution in [1.82, 2.24) is 0 Å². The van der Waals surface area contributed by atoms with Crippen LogP contribution in [0.5, 0.6) is 11.5 Å². The molecule has 10 heteroatoms. The van der Waals surface area contributed by atoms with E-state index >= 15 is 0 Å². The second kappa shape index (κ2) is 6.35. The summed E-state index contributed by atoms with van der Waals surface area (Å²) in [6.45, 7) is 0. The molecule has 0 aliphatic rings.